The van der Waals surface area contributed by atoms with Crippen molar-refractivity contribution in [1.82, 2.24) is 15.5 Å². The molecule has 0 spiro atoms. The van der Waals surface area contributed by atoms with Crippen LogP contribution in [0.5, 0.6) is 0 Å². The summed E-state index contributed by atoms with van der Waals surface area (Å²) in [4.78, 5) is 39.9. The molecule has 1 unspecified atom stereocenters. The lowest BCUT2D eigenvalue weighted by Gasteiger charge is -2.30. The summed E-state index contributed by atoms with van der Waals surface area (Å²) in [5, 5.41) is 6.13. The SMILES string of the molecule is O=C1CC(c2ccccc2)N(C(=O)c2ccco2)C(=O)CCCNCCCN1. The molecule has 1 aliphatic heterocycles. The van der Waals surface area contributed by atoms with Gasteiger partial charge in [-0.1, -0.05) is 30.3 Å². The van der Waals surface area contributed by atoms with Crippen LogP contribution in [0.25, 0.3) is 0 Å². The molecule has 0 bridgehead atoms. The van der Waals surface area contributed by atoms with Gasteiger partial charge in [0.25, 0.3) is 5.91 Å². The Morgan fingerprint density at radius 1 is 1.00 bits per heavy atom. The number of benzene rings is 1. The van der Waals surface area contributed by atoms with Gasteiger partial charge in [-0.2, -0.15) is 0 Å². The van der Waals surface area contributed by atoms with Gasteiger partial charge in [-0.3, -0.25) is 19.3 Å². The Hall–Kier alpha value is -2.93. The molecular weight excluding hydrogens is 358 g/mol. The Kier molecular flexibility index (Phi) is 6.97. The Bertz CT molecular complexity index is 789. The van der Waals surface area contributed by atoms with Crippen molar-refractivity contribution in [2.45, 2.75) is 31.7 Å². The van der Waals surface area contributed by atoms with Crippen molar-refractivity contribution in [3.8, 4) is 0 Å². The summed E-state index contributed by atoms with van der Waals surface area (Å²) in [6.07, 6.45) is 3.04. The minimum Gasteiger partial charge on any atom is -0.459 e. The summed E-state index contributed by atoms with van der Waals surface area (Å²) in [6, 6.07) is 11.6. The minimum absolute atomic E-state index is 0.00955. The van der Waals surface area contributed by atoms with Crippen LogP contribution in [0.1, 0.15) is 47.8 Å². The maximum atomic E-state index is 13.1. The molecule has 2 N–H and O–H groups in total. The number of hydrogen-bond acceptors (Lipinski definition) is 5. The summed E-state index contributed by atoms with van der Waals surface area (Å²) in [7, 11) is 0. The number of imide groups is 1. The third-order valence-corrected chi connectivity index (χ3v) is 4.69. The van der Waals surface area contributed by atoms with Crippen LogP contribution in [0.2, 0.25) is 0 Å². The van der Waals surface area contributed by atoms with Crippen LogP contribution in [0.3, 0.4) is 0 Å². The van der Waals surface area contributed by atoms with Crippen molar-refractivity contribution in [1.29, 1.82) is 0 Å². The summed E-state index contributed by atoms with van der Waals surface area (Å²) in [6.45, 7) is 2.00. The Morgan fingerprint density at radius 3 is 2.54 bits per heavy atom. The minimum atomic E-state index is -0.694. The van der Waals surface area contributed by atoms with E-state index in [1.165, 1.54) is 17.2 Å². The average Bonchev–Trinajstić information content (AvgIpc) is 3.24. The Balaban J connectivity index is 1.97. The standard InChI is InChI=1S/C21H25N3O4/c25-19-15-17(16-7-2-1-3-8-16)24(21(27)18-9-5-14-28-18)20(26)10-4-11-22-12-6-13-23-19/h1-3,5,7-9,14,17,22H,4,6,10-13,15H2,(H,23,25). The van der Waals surface area contributed by atoms with Crippen molar-refractivity contribution in [3.05, 3.63) is 60.1 Å². The zero-order valence-corrected chi connectivity index (χ0v) is 15.7. The molecular formula is C21H25N3O4. The maximum absolute atomic E-state index is 13.1. The molecule has 7 heteroatoms. The molecule has 148 valence electrons. The predicted molar refractivity (Wildman–Crippen MR) is 103 cm³/mol. The van der Waals surface area contributed by atoms with Gasteiger partial charge in [0.1, 0.15) is 0 Å². The van der Waals surface area contributed by atoms with Crippen LogP contribution >= 0.6 is 0 Å². The van der Waals surface area contributed by atoms with Crippen LogP contribution < -0.4 is 10.6 Å². The van der Waals surface area contributed by atoms with Crippen LogP contribution in [0.4, 0.5) is 0 Å². The zero-order chi connectivity index (χ0) is 19.8. The first-order valence-corrected chi connectivity index (χ1v) is 9.59. The fourth-order valence-corrected chi connectivity index (χ4v) is 3.28. The van der Waals surface area contributed by atoms with Gasteiger partial charge in [-0.15, -0.1) is 0 Å². The van der Waals surface area contributed by atoms with E-state index in [-0.39, 0.29) is 30.4 Å². The normalized spacial score (nSPS) is 19.9. The first kappa shape index (κ1) is 19.8. The molecule has 1 aromatic carbocycles. The number of furan rings is 1. The highest BCUT2D eigenvalue weighted by Crippen LogP contribution is 2.27. The monoisotopic (exact) mass is 383 g/mol. The quantitative estimate of drug-likeness (QED) is 0.777. The van der Waals surface area contributed by atoms with E-state index in [4.69, 9.17) is 4.42 Å². The molecule has 0 saturated carbocycles. The lowest BCUT2D eigenvalue weighted by Crippen LogP contribution is -2.42. The predicted octanol–water partition coefficient (Wildman–Crippen LogP) is 2.27. The molecule has 3 amide bonds. The van der Waals surface area contributed by atoms with Crippen LogP contribution in [0, 0.1) is 0 Å². The van der Waals surface area contributed by atoms with Crippen molar-refractivity contribution in [2.24, 2.45) is 0 Å². The van der Waals surface area contributed by atoms with E-state index >= 15 is 0 Å². The van der Waals surface area contributed by atoms with Gasteiger partial charge in [-0.05, 0) is 43.6 Å². The van der Waals surface area contributed by atoms with E-state index < -0.39 is 11.9 Å². The van der Waals surface area contributed by atoms with Crippen molar-refractivity contribution in [2.75, 3.05) is 19.6 Å². The first-order valence-electron chi connectivity index (χ1n) is 9.59. The second-order valence-electron chi connectivity index (χ2n) is 6.73. The number of carbonyl (C=O) groups is 3. The second kappa shape index (κ2) is 9.85. The summed E-state index contributed by atoms with van der Waals surface area (Å²) < 4.78 is 5.24. The topological polar surface area (TPSA) is 91.7 Å². The van der Waals surface area contributed by atoms with Gasteiger partial charge in [0.15, 0.2) is 5.76 Å². The molecule has 1 atom stereocenters. The van der Waals surface area contributed by atoms with Gasteiger partial charge in [0.2, 0.25) is 11.8 Å². The average molecular weight is 383 g/mol. The summed E-state index contributed by atoms with van der Waals surface area (Å²) in [5.41, 5.74) is 0.735. The fraction of sp³-hybridized carbons (Fsp3) is 0.381. The van der Waals surface area contributed by atoms with E-state index in [0.29, 0.717) is 19.5 Å². The number of nitrogens with zero attached hydrogens (tertiary/aromatic N) is 1. The van der Waals surface area contributed by atoms with Gasteiger partial charge in [-0.25, -0.2) is 0 Å². The largest absolute Gasteiger partial charge is 0.459 e. The molecule has 28 heavy (non-hydrogen) atoms. The van der Waals surface area contributed by atoms with E-state index in [1.807, 2.05) is 30.3 Å². The summed E-state index contributed by atoms with van der Waals surface area (Å²) in [5.74, 6) is -0.959. The molecule has 1 aromatic heterocycles. The van der Waals surface area contributed by atoms with Crippen LogP contribution in [0.15, 0.2) is 53.1 Å². The highest BCUT2D eigenvalue weighted by Gasteiger charge is 2.34. The fourth-order valence-electron chi connectivity index (χ4n) is 3.28. The molecule has 2 heterocycles. The van der Waals surface area contributed by atoms with Gasteiger partial charge < -0.3 is 15.1 Å². The molecule has 7 nitrogen and oxygen atoms in total. The number of amides is 3. The van der Waals surface area contributed by atoms with Crippen molar-refractivity contribution in [3.63, 3.8) is 0 Å². The van der Waals surface area contributed by atoms with E-state index in [2.05, 4.69) is 10.6 Å². The molecule has 1 saturated heterocycles. The molecule has 0 radical (unpaired) electrons. The lowest BCUT2D eigenvalue weighted by molar-refractivity contribution is -0.132. The molecule has 1 aliphatic rings. The lowest BCUT2D eigenvalue weighted by atomic mass is 10.00. The Labute approximate surface area is 164 Å². The van der Waals surface area contributed by atoms with Crippen LogP contribution in [-0.4, -0.2) is 42.3 Å². The highest BCUT2D eigenvalue weighted by molar-refractivity contribution is 6.03. The van der Waals surface area contributed by atoms with E-state index in [1.54, 1.807) is 6.07 Å². The smallest absolute Gasteiger partial charge is 0.296 e. The van der Waals surface area contributed by atoms with Gasteiger partial charge in [0, 0.05) is 13.0 Å². The van der Waals surface area contributed by atoms with Gasteiger partial charge >= 0.3 is 0 Å². The number of rotatable bonds is 2. The third kappa shape index (κ3) is 5.07. The molecule has 0 aliphatic carbocycles. The highest BCUT2D eigenvalue weighted by atomic mass is 16.3. The summed E-state index contributed by atoms with van der Waals surface area (Å²) >= 11 is 0. The first-order chi connectivity index (χ1) is 13.7. The number of hydrogen-bond donors (Lipinski definition) is 2. The van der Waals surface area contributed by atoms with Gasteiger partial charge in [0.05, 0.1) is 18.7 Å². The molecule has 1 fully saturated rings. The van der Waals surface area contributed by atoms with Crippen molar-refractivity contribution < 1.29 is 18.8 Å². The van der Waals surface area contributed by atoms with Crippen molar-refractivity contribution >= 4 is 17.7 Å². The number of carbonyl (C=O) groups excluding carboxylic acids is 3. The Morgan fingerprint density at radius 2 is 1.79 bits per heavy atom. The van der Waals surface area contributed by atoms with Crippen LogP contribution in [-0.2, 0) is 9.59 Å². The van der Waals surface area contributed by atoms with E-state index in [0.717, 1.165) is 18.5 Å². The number of nitrogens with one attached hydrogen (secondary N) is 2. The third-order valence-electron chi connectivity index (χ3n) is 4.69. The zero-order valence-electron chi connectivity index (χ0n) is 15.7. The molecule has 2 aromatic rings. The van der Waals surface area contributed by atoms with E-state index in [9.17, 15) is 14.4 Å². The second-order valence-corrected chi connectivity index (χ2v) is 6.73. The molecule has 3 rings (SSSR count). The maximum Gasteiger partial charge on any atom is 0.296 e.